The second kappa shape index (κ2) is 7.15. The summed E-state index contributed by atoms with van der Waals surface area (Å²) in [5, 5.41) is 15.3. The van der Waals surface area contributed by atoms with E-state index < -0.39 is 10.8 Å². The van der Waals surface area contributed by atoms with Crippen molar-refractivity contribution in [2.75, 3.05) is 12.8 Å². The van der Waals surface area contributed by atoms with E-state index in [4.69, 9.17) is 10.5 Å². The van der Waals surface area contributed by atoms with Gasteiger partial charge in [0.15, 0.2) is 10.9 Å². The van der Waals surface area contributed by atoms with Crippen LogP contribution in [0.15, 0.2) is 41.5 Å². The number of thiazole rings is 1. The van der Waals surface area contributed by atoms with Crippen molar-refractivity contribution in [1.82, 2.24) is 10.4 Å². The molecule has 26 heavy (non-hydrogen) atoms. The van der Waals surface area contributed by atoms with E-state index in [1.807, 2.05) is 0 Å². The van der Waals surface area contributed by atoms with Gasteiger partial charge in [0, 0.05) is 17.2 Å². The number of rotatable bonds is 5. The van der Waals surface area contributed by atoms with Crippen LogP contribution in [0.25, 0.3) is 10.2 Å². The van der Waals surface area contributed by atoms with Gasteiger partial charge >= 0.3 is 5.69 Å². The maximum Gasteiger partial charge on any atom is 0.311 e. The minimum absolute atomic E-state index is 0.147. The first-order valence-corrected chi connectivity index (χ1v) is 8.11. The number of carbonyl (C=O) groups excluding carboxylic acids is 1. The molecule has 1 aromatic heterocycles. The predicted octanol–water partition coefficient (Wildman–Crippen LogP) is 2.56. The molecule has 9 nitrogen and oxygen atoms in total. The lowest BCUT2D eigenvalue weighted by molar-refractivity contribution is -0.385. The fourth-order valence-corrected chi connectivity index (χ4v) is 3.02. The fourth-order valence-electron chi connectivity index (χ4n) is 2.24. The van der Waals surface area contributed by atoms with Crippen LogP contribution < -0.4 is 15.9 Å². The van der Waals surface area contributed by atoms with Crippen LogP contribution in [-0.2, 0) is 0 Å². The molecule has 1 amide bonds. The highest BCUT2D eigenvalue weighted by molar-refractivity contribution is 7.22. The Morgan fingerprint density at radius 1 is 1.38 bits per heavy atom. The van der Waals surface area contributed by atoms with Crippen molar-refractivity contribution >= 4 is 44.5 Å². The van der Waals surface area contributed by atoms with E-state index in [9.17, 15) is 14.9 Å². The summed E-state index contributed by atoms with van der Waals surface area (Å²) in [6, 6.07) is 9.35. The summed E-state index contributed by atoms with van der Waals surface area (Å²) in [7, 11) is 1.35. The SMILES string of the molecule is COc1ccc(/C=N\NC(=O)c2ccc3nc(N)sc3c2)cc1[N+](=O)[O-]. The van der Waals surface area contributed by atoms with Crippen molar-refractivity contribution in [3.05, 3.63) is 57.6 Å². The zero-order valence-electron chi connectivity index (χ0n) is 13.5. The third-order valence-corrected chi connectivity index (χ3v) is 4.29. The van der Waals surface area contributed by atoms with Gasteiger partial charge in [-0.15, -0.1) is 0 Å². The number of methoxy groups -OCH3 is 1. The number of benzene rings is 2. The molecule has 3 N–H and O–H groups in total. The molecule has 0 aliphatic rings. The van der Waals surface area contributed by atoms with E-state index in [0.717, 1.165) is 10.2 Å². The van der Waals surface area contributed by atoms with Gasteiger partial charge in [0.1, 0.15) is 0 Å². The standard InChI is InChI=1S/C16H13N5O4S/c1-25-13-5-2-9(6-12(13)21(23)24)8-18-20-15(22)10-3-4-11-14(7-10)26-16(17)19-11/h2-8H,1H3,(H2,17,19)(H,20,22)/b18-8-. The monoisotopic (exact) mass is 371 g/mol. The average molecular weight is 371 g/mol. The number of nitro benzene ring substituents is 1. The fraction of sp³-hybridized carbons (Fsp3) is 0.0625. The van der Waals surface area contributed by atoms with Crippen LogP contribution in [0.1, 0.15) is 15.9 Å². The molecule has 132 valence electrons. The molecule has 0 atom stereocenters. The number of fused-ring (bicyclic) bond motifs is 1. The van der Waals surface area contributed by atoms with Gasteiger partial charge in [-0.1, -0.05) is 11.3 Å². The highest BCUT2D eigenvalue weighted by Crippen LogP contribution is 2.27. The summed E-state index contributed by atoms with van der Waals surface area (Å²) in [5.41, 5.74) is 9.41. The van der Waals surface area contributed by atoms with Gasteiger partial charge in [-0.05, 0) is 30.3 Å². The number of nitrogen functional groups attached to an aromatic ring is 1. The minimum atomic E-state index is -0.551. The zero-order chi connectivity index (χ0) is 18.7. The van der Waals surface area contributed by atoms with Crippen LogP contribution in [0.3, 0.4) is 0 Å². The Kier molecular flexibility index (Phi) is 4.76. The zero-order valence-corrected chi connectivity index (χ0v) is 14.3. The lowest BCUT2D eigenvalue weighted by atomic mass is 10.2. The van der Waals surface area contributed by atoms with Crippen molar-refractivity contribution in [1.29, 1.82) is 0 Å². The highest BCUT2D eigenvalue weighted by atomic mass is 32.1. The summed E-state index contributed by atoms with van der Waals surface area (Å²) in [6.07, 6.45) is 1.31. The summed E-state index contributed by atoms with van der Waals surface area (Å²) < 4.78 is 5.73. The average Bonchev–Trinajstić information content (AvgIpc) is 3.00. The number of nitrogens with one attached hydrogen (secondary N) is 1. The Hall–Kier alpha value is -3.53. The lowest BCUT2D eigenvalue weighted by Gasteiger charge is -2.02. The van der Waals surface area contributed by atoms with Crippen LogP contribution >= 0.6 is 11.3 Å². The molecule has 10 heteroatoms. The van der Waals surface area contributed by atoms with Crippen molar-refractivity contribution in [2.24, 2.45) is 5.10 Å². The van der Waals surface area contributed by atoms with E-state index in [-0.39, 0.29) is 11.4 Å². The molecule has 0 saturated carbocycles. The van der Waals surface area contributed by atoms with Crippen LogP contribution in [0.2, 0.25) is 0 Å². The normalized spacial score (nSPS) is 11.0. The number of aromatic nitrogens is 1. The van der Waals surface area contributed by atoms with Crippen LogP contribution in [0, 0.1) is 10.1 Å². The summed E-state index contributed by atoms with van der Waals surface area (Å²) in [6.45, 7) is 0. The summed E-state index contributed by atoms with van der Waals surface area (Å²) in [5.74, 6) is -0.272. The molecule has 3 rings (SSSR count). The number of hydrazone groups is 1. The topological polar surface area (TPSA) is 133 Å². The molecule has 1 heterocycles. The number of hydrogen-bond donors (Lipinski definition) is 2. The third-order valence-electron chi connectivity index (χ3n) is 3.45. The Bertz CT molecular complexity index is 1030. The van der Waals surface area contributed by atoms with Crippen LogP contribution in [-0.4, -0.2) is 29.1 Å². The summed E-state index contributed by atoms with van der Waals surface area (Å²) >= 11 is 1.28. The highest BCUT2D eigenvalue weighted by Gasteiger charge is 2.14. The van der Waals surface area contributed by atoms with Gasteiger partial charge in [0.05, 0.1) is 28.5 Å². The largest absolute Gasteiger partial charge is 0.490 e. The van der Waals surface area contributed by atoms with E-state index in [1.165, 1.54) is 36.8 Å². The summed E-state index contributed by atoms with van der Waals surface area (Å²) in [4.78, 5) is 26.7. The first-order chi connectivity index (χ1) is 12.5. The van der Waals surface area contributed by atoms with Gasteiger partial charge in [-0.25, -0.2) is 10.4 Å². The molecule has 0 aliphatic heterocycles. The quantitative estimate of drug-likeness (QED) is 0.402. The molecular formula is C16H13N5O4S. The van der Waals surface area contributed by atoms with E-state index in [0.29, 0.717) is 16.3 Å². The second-order valence-electron chi connectivity index (χ2n) is 5.12. The van der Waals surface area contributed by atoms with Gasteiger partial charge in [0.2, 0.25) is 0 Å². The number of carbonyl (C=O) groups is 1. The number of hydrogen-bond acceptors (Lipinski definition) is 8. The van der Waals surface area contributed by atoms with Gasteiger partial charge in [-0.2, -0.15) is 5.10 Å². The van der Waals surface area contributed by atoms with Gasteiger partial charge in [0.25, 0.3) is 5.91 Å². The van der Waals surface area contributed by atoms with Gasteiger partial charge < -0.3 is 10.5 Å². The van der Waals surface area contributed by atoms with E-state index in [1.54, 1.807) is 24.3 Å². The van der Waals surface area contributed by atoms with Crippen LogP contribution in [0.5, 0.6) is 5.75 Å². The van der Waals surface area contributed by atoms with Crippen molar-refractivity contribution in [3.63, 3.8) is 0 Å². The molecule has 0 fully saturated rings. The Labute approximate surface area is 151 Å². The molecule has 3 aromatic rings. The number of ether oxygens (including phenoxy) is 1. The molecule has 0 aliphatic carbocycles. The van der Waals surface area contributed by atoms with Gasteiger partial charge in [-0.3, -0.25) is 14.9 Å². The molecule has 0 unspecified atom stereocenters. The van der Waals surface area contributed by atoms with Crippen LogP contribution in [0.4, 0.5) is 10.8 Å². The number of nitrogens with zero attached hydrogens (tertiary/aromatic N) is 3. The molecular weight excluding hydrogens is 358 g/mol. The molecule has 0 bridgehead atoms. The Balaban J connectivity index is 1.73. The predicted molar refractivity (Wildman–Crippen MR) is 98.7 cm³/mol. The molecule has 0 radical (unpaired) electrons. The maximum absolute atomic E-state index is 12.2. The number of amides is 1. The smallest absolute Gasteiger partial charge is 0.311 e. The lowest BCUT2D eigenvalue weighted by Crippen LogP contribution is -2.17. The Morgan fingerprint density at radius 3 is 2.92 bits per heavy atom. The van der Waals surface area contributed by atoms with Crippen molar-refractivity contribution in [2.45, 2.75) is 0 Å². The van der Waals surface area contributed by atoms with Crippen molar-refractivity contribution in [3.8, 4) is 5.75 Å². The first kappa shape index (κ1) is 17.3. The second-order valence-corrected chi connectivity index (χ2v) is 6.18. The third kappa shape index (κ3) is 3.59. The van der Waals surface area contributed by atoms with E-state index >= 15 is 0 Å². The number of nitro groups is 1. The Morgan fingerprint density at radius 2 is 2.19 bits per heavy atom. The minimum Gasteiger partial charge on any atom is -0.490 e. The number of anilines is 1. The molecule has 2 aromatic carbocycles. The molecule has 0 spiro atoms. The number of nitrogens with two attached hydrogens (primary N) is 1. The van der Waals surface area contributed by atoms with Crippen molar-refractivity contribution < 1.29 is 14.5 Å². The van der Waals surface area contributed by atoms with E-state index in [2.05, 4.69) is 15.5 Å². The maximum atomic E-state index is 12.2. The first-order valence-electron chi connectivity index (χ1n) is 7.30. The molecule has 0 saturated heterocycles.